The van der Waals surface area contributed by atoms with Crippen LogP contribution in [-0.2, 0) is 52.7 Å². The van der Waals surface area contributed by atoms with Crippen molar-refractivity contribution in [2.24, 2.45) is 11.3 Å². The Balaban J connectivity index is 1.28. The quantitative estimate of drug-likeness (QED) is 0.199. The van der Waals surface area contributed by atoms with Crippen LogP contribution in [0.5, 0.6) is 0 Å². The molecule has 3 aliphatic heterocycles. The second-order valence-corrected chi connectivity index (χ2v) is 18.0. The van der Waals surface area contributed by atoms with Gasteiger partial charge in [0, 0.05) is 72.8 Å². The topological polar surface area (TPSA) is 166 Å². The highest BCUT2D eigenvalue weighted by molar-refractivity contribution is 7.10. The van der Waals surface area contributed by atoms with Crippen molar-refractivity contribution in [3.05, 3.63) is 58.2 Å². The first-order valence-corrected chi connectivity index (χ1v) is 21.7. The van der Waals surface area contributed by atoms with Crippen LogP contribution in [0.4, 0.5) is 4.79 Å². The summed E-state index contributed by atoms with van der Waals surface area (Å²) in [6, 6.07) is 8.53. The molecule has 0 spiro atoms. The number of pyridine rings is 1. The van der Waals surface area contributed by atoms with Gasteiger partial charge in [-0.3, -0.25) is 24.4 Å². The summed E-state index contributed by atoms with van der Waals surface area (Å²) >= 11 is 1.40. The average molecular weight is 844 g/mol. The number of hydrogen-bond acceptors (Lipinski definition) is 12. The molecule has 16 heteroatoms. The highest BCUT2D eigenvalue weighted by Crippen LogP contribution is 2.42. The first-order valence-electron chi connectivity index (χ1n) is 20.8. The van der Waals surface area contributed by atoms with Crippen LogP contribution in [-0.4, -0.2) is 113 Å². The lowest BCUT2D eigenvalue weighted by molar-refractivity contribution is -0.155. The lowest BCUT2D eigenvalue weighted by Crippen LogP contribution is -2.61. The fourth-order valence-electron chi connectivity index (χ4n) is 8.23. The van der Waals surface area contributed by atoms with Crippen molar-refractivity contribution in [1.82, 2.24) is 35.2 Å². The zero-order valence-corrected chi connectivity index (χ0v) is 36.6. The van der Waals surface area contributed by atoms with Crippen molar-refractivity contribution in [2.75, 3.05) is 40.5 Å². The number of nitrogens with one attached hydrogen (secondary N) is 2. The summed E-state index contributed by atoms with van der Waals surface area (Å²) in [5, 5.41) is 7.95. The maximum absolute atomic E-state index is 14.4. The fourth-order valence-corrected chi connectivity index (χ4v) is 9.08. The Morgan fingerprint density at radius 1 is 1.13 bits per heavy atom. The maximum atomic E-state index is 14.4. The number of nitrogens with zero attached hydrogens (tertiary/aromatic N) is 5. The number of hydrogen-bond donors (Lipinski definition) is 2. The van der Waals surface area contributed by atoms with Crippen LogP contribution in [0.3, 0.4) is 0 Å². The number of cyclic esters (lactones) is 1. The fraction of sp³-hybridized carbons (Fsp3) is 0.545. The summed E-state index contributed by atoms with van der Waals surface area (Å²) in [5.74, 6) is -1.87. The Morgan fingerprint density at radius 3 is 2.63 bits per heavy atom. The van der Waals surface area contributed by atoms with E-state index in [0.29, 0.717) is 50.4 Å². The lowest BCUT2D eigenvalue weighted by Gasteiger charge is -2.38. The summed E-state index contributed by atoms with van der Waals surface area (Å²) in [5.41, 5.74) is 9.26. The first kappa shape index (κ1) is 43.2. The molecule has 4 atom stereocenters. The van der Waals surface area contributed by atoms with E-state index in [0.717, 1.165) is 44.7 Å². The minimum absolute atomic E-state index is 0.0719. The van der Waals surface area contributed by atoms with Crippen LogP contribution < -0.4 is 10.7 Å². The molecule has 4 aromatic rings. The Labute approximate surface area is 355 Å². The van der Waals surface area contributed by atoms with E-state index in [1.54, 1.807) is 34.3 Å². The summed E-state index contributed by atoms with van der Waals surface area (Å²) in [6.45, 7) is 13.8. The van der Waals surface area contributed by atoms with E-state index in [2.05, 4.69) is 60.3 Å². The standard InChI is InChI=1S/C44H57N7O8S/c1-9-50-35-15-14-27-18-30(35)31(38(50)29-12-10-16-45-37(29)26(4)56-7)20-44(5,6)24-58-42(54)32-13-11-17-51(48-32)41(53)33(19-36-46-34(27)23-60-36)47-40(52)39(25(2)3)59-43(55)49-21-28(22-49)57-8/h10,12,14-16,18,23,25-26,28,32-33,39,48H,9,11,13,17,19-22,24H2,1-8H3,(H,47,52)/t26-,32-,33-,39-/m0/s1. The molecule has 1 aromatic carbocycles. The van der Waals surface area contributed by atoms with E-state index in [-0.39, 0.29) is 31.2 Å². The van der Waals surface area contributed by atoms with Gasteiger partial charge in [-0.05, 0) is 68.9 Å². The minimum atomic E-state index is -1.16. The molecule has 60 heavy (non-hydrogen) atoms. The van der Waals surface area contributed by atoms with Crippen LogP contribution in [0.1, 0.15) is 76.8 Å². The predicted molar refractivity (Wildman–Crippen MR) is 227 cm³/mol. The molecule has 3 aliphatic rings. The van der Waals surface area contributed by atoms with Crippen molar-refractivity contribution < 1.29 is 38.1 Å². The SMILES string of the molecule is CCn1c(-c2cccnc2[C@H](C)OC)c2c3cc(ccc31)-c1csc(n1)C[C@H](NC(=O)[C@@H](OC(=O)N1CC(OC)C1)C(C)C)C(=O)N1CCC[C@H](N1)C(=O)OCC(C)(C)C2. The molecular formula is C44H57N7O8S. The average Bonchev–Trinajstić information content (AvgIpc) is 3.81. The highest BCUT2D eigenvalue weighted by atomic mass is 32.1. The van der Waals surface area contributed by atoms with Gasteiger partial charge in [-0.25, -0.2) is 15.2 Å². The normalized spacial score (nSPS) is 20.9. The second kappa shape index (κ2) is 18.0. The lowest BCUT2D eigenvalue weighted by atomic mass is 9.84. The van der Waals surface area contributed by atoms with Gasteiger partial charge in [-0.15, -0.1) is 11.3 Å². The van der Waals surface area contributed by atoms with Crippen LogP contribution in [0, 0.1) is 11.3 Å². The van der Waals surface area contributed by atoms with Gasteiger partial charge in [0.15, 0.2) is 6.10 Å². The van der Waals surface area contributed by atoms with E-state index in [9.17, 15) is 19.2 Å². The number of aromatic nitrogens is 3. The molecule has 0 saturated carbocycles. The molecule has 15 nitrogen and oxygen atoms in total. The van der Waals surface area contributed by atoms with Gasteiger partial charge in [-0.1, -0.05) is 33.8 Å². The largest absolute Gasteiger partial charge is 0.464 e. The Kier molecular flexibility index (Phi) is 12.9. The number of rotatable bonds is 9. The Hall–Kier alpha value is -4.90. The number of carbonyl (C=O) groups is 4. The zero-order valence-electron chi connectivity index (χ0n) is 35.8. The van der Waals surface area contributed by atoms with E-state index in [4.69, 9.17) is 28.9 Å². The predicted octanol–water partition coefficient (Wildman–Crippen LogP) is 5.69. The van der Waals surface area contributed by atoms with Gasteiger partial charge in [0.2, 0.25) is 0 Å². The Morgan fingerprint density at radius 2 is 1.92 bits per heavy atom. The molecule has 0 unspecified atom stereocenters. The molecule has 6 heterocycles. The number of esters is 1. The van der Waals surface area contributed by atoms with Gasteiger partial charge in [0.1, 0.15) is 12.1 Å². The molecule has 2 N–H and O–H groups in total. The van der Waals surface area contributed by atoms with E-state index in [1.165, 1.54) is 21.2 Å². The number of likely N-dealkylation sites (tertiary alicyclic amines) is 1. The van der Waals surface area contributed by atoms with Crippen molar-refractivity contribution >= 4 is 46.1 Å². The molecule has 0 radical (unpaired) electrons. The van der Waals surface area contributed by atoms with Gasteiger partial charge in [0.05, 0.1) is 54.0 Å². The smallest absolute Gasteiger partial charge is 0.410 e. The number of benzene rings is 1. The van der Waals surface area contributed by atoms with Crippen molar-refractivity contribution in [3.8, 4) is 22.5 Å². The Bertz CT molecular complexity index is 2230. The van der Waals surface area contributed by atoms with E-state index in [1.807, 2.05) is 18.4 Å². The van der Waals surface area contributed by atoms with Crippen molar-refractivity contribution in [2.45, 2.75) is 104 Å². The second-order valence-electron chi connectivity index (χ2n) is 17.1. The molecule has 322 valence electrons. The number of aryl methyl sites for hydroxylation is 1. The van der Waals surface area contributed by atoms with Gasteiger partial charge < -0.3 is 33.7 Å². The van der Waals surface area contributed by atoms with Crippen LogP contribution >= 0.6 is 11.3 Å². The van der Waals surface area contributed by atoms with Gasteiger partial charge >= 0.3 is 12.1 Å². The zero-order chi connectivity index (χ0) is 42.9. The number of methoxy groups -OCH3 is 2. The third kappa shape index (κ3) is 8.92. The molecular weight excluding hydrogens is 787 g/mol. The molecule has 6 bridgehead atoms. The van der Waals surface area contributed by atoms with E-state index < -0.39 is 47.5 Å². The monoisotopic (exact) mass is 843 g/mol. The number of thiazole rings is 1. The van der Waals surface area contributed by atoms with Crippen molar-refractivity contribution in [1.29, 1.82) is 0 Å². The number of hydrazine groups is 1. The first-order chi connectivity index (χ1) is 28.7. The van der Waals surface area contributed by atoms with Gasteiger partial charge in [0.25, 0.3) is 11.8 Å². The maximum Gasteiger partial charge on any atom is 0.410 e. The number of fused-ring (bicyclic) bond motifs is 6. The van der Waals surface area contributed by atoms with Gasteiger partial charge in [-0.2, -0.15) is 0 Å². The third-order valence-corrected chi connectivity index (χ3v) is 12.6. The summed E-state index contributed by atoms with van der Waals surface area (Å²) in [6.07, 6.45) is 1.36. The van der Waals surface area contributed by atoms with Crippen LogP contribution in [0.15, 0.2) is 41.9 Å². The molecule has 2 fully saturated rings. The number of ether oxygens (including phenoxy) is 4. The molecule has 2 saturated heterocycles. The third-order valence-electron chi connectivity index (χ3n) is 11.7. The molecule has 0 aliphatic carbocycles. The summed E-state index contributed by atoms with van der Waals surface area (Å²) in [7, 11) is 3.27. The van der Waals surface area contributed by atoms with Crippen LogP contribution in [0.25, 0.3) is 33.4 Å². The number of carbonyl (C=O) groups excluding carboxylic acids is 4. The molecule has 7 rings (SSSR count). The number of amides is 3. The molecule has 3 aromatic heterocycles. The molecule has 3 amide bonds. The summed E-state index contributed by atoms with van der Waals surface area (Å²) < 4.78 is 25.2. The van der Waals surface area contributed by atoms with Crippen molar-refractivity contribution in [3.63, 3.8) is 0 Å². The minimum Gasteiger partial charge on any atom is -0.464 e. The van der Waals surface area contributed by atoms with E-state index >= 15 is 0 Å². The van der Waals surface area contributed by atoms with Crippen LogP contribution in [0.2, 0.25) is 0 Å². The highest BCUT2D eigenvalue weighted by Gasteiger charge is 2.39. The summed E-state index contributed by atoms with van der Waals surface area (Å²) in [4.78, 5) is 66.4.